The van der Waals surface area contributed by atoms with E-state index in [0.717, 1.165) is 0 Å². The molecule has 0 aromatic rings. The van der Waals surface area contributed by atoms with Crippen LogP contribution in [0.4, 0.5) is 8.78 Å². The van der Waals surface area contributed by atoms with E-state index in [0.29, 0.717) is 0 Å². The van der Waals surface area contributed by atoms with Crippen molar-refractivity contribution in [3.05, 3.63) is 24.7 Å². The van der Waals surface area contributed by atoms with Crippen LogP contribution in [0.1, 0.15) is 6.92 Å². The van der Waals surface area contributed by atoms with Crippen LogP contribution in [-0.4, -0.2) is 5.97 Å². The summed E-state index contributed by atoms with van der Waals surface area (Å²) in [5.41, 5.74) is 0.0915. The van der Waals surface area contributed by atoms with Crippen molar-refractivity contribution in [2.24, 2.45) is 4.99 Å². The predicted octanol–water partition coefficient (Wildman–Crippen LogP) is 2.37. The largest absolute Gasteiger partial charge is 0.217 e. The van der Waals surface area contributed by atoms with Crippen LogP contribution < -0.4 is 0 Å². The maximum Gasteiger partial charge on any atom is 0.217 e. The number of halogens is 2. The molecule has 0 aromatic heterocycles. The molecule has 0 aliphatic carbocycles. The molecule has 0 saturated heterocycles. The molecule has 0 rings (SSSR count). The van der Waals surface area contributed by atoms with Gasteiger partial charge in [-0.15, -0.1) is 0 Å². The van der Waals surface area contributed by atoms with Gasteiger partial charge < -0.3 is 0 Å². The van der Waals surface area contributed by atoms with Crippen molar-refractivity contribution in [1.29, 1.82) is 0 Å². The minimum Gasteiger partial charge on any atom is -0.191 e. The Bertz CT molecular complexity index is 170. The topological polar surface area (TPSA) is 12.4 Å². The van der Waals surface area contributed by atoms with Crippen LogP contribution in [-0.2, 0) is 0 Å². The Morgan fingerprint density at radius 2 is 1.78 bits per heavy atom. The van der Waals surface area contributed by atoms with E-state index >= 15 is 0 Å². The van der Waals surface area contributed by atoms with E-state index in [1.165, 1.54) is 6.92 Å². The van der Waals surface area contributed by atoms with Gasteiger partial charge in [0.1, 0.15) is 0 Å². The van der Waals surface area contributed by atoms with E-state index in [9.17, 15) is 8.78 Å². The molecule has 0 aliphatic heterocycles. The SMILES string of the molecule is C=C(F)/N=C(/F)C(=C)C. The normalized spacial score (nSPS) is 11.2. The molecule has 0 unspecified atom stereocenters. The van der Waals surface area contributed by atoms with Crippen molar-refractivity contribution >= 4 is 5.97 Å². The Balaban J connectivity index is 4.17. The second-order valence-electron chi connectivity index (χ2n) is 1.56. The van der Waals surface area contributed by atoms with Gasteiger partial charge in [0.25, 0.3) is 0 Å². The molecule has 9 heavy (non-hydrogen) atoms. The third-order valence-electron chi connectivity index (χ3n) is 0.572. The summed E-state index contributed by atoms with van der Waals surface area (Å²) >= 11 is 0. The third kappa shape index (κ3) is 3.58. The second-order valence-corrected chi connectivity index (χ2v) is 1.56. The molecule has 0 N–H and O–H groups in total. The molecule has 3 heteroatoms. The molecule has 0 aliphatic rings. The van der Waals surface area contributed by atoms with Crippen LogP contribution in [0.15, 0.2) is 29.7 Å². The average molecular weight is 131 g/mol. The van der Waals surface area contributed by atoms with E-state index in [1.54, 1.807) is 0 Å². The van der Waals surface area contributed by atoms with Crippen molar-refractivity contribution in [1.82, 2.24) is 0 Å². The number of allylic oxidation sites excluding steroid dienone is 1. The van der Waals surface area contributed by atoms with Gasteiger partial charge in [0.15, 0.2) is 0 Å². The monoisotopic (exact) mass is 131 g/mol. The number of hydrogen-bond donors (Lipinski definition) is 0. The van der Waals surface area contributed by atoms with E-state index in [1.807, 2.05) is 0 Å². The molecule has 0 radical (unpaired) electrons. The fourth-order valence-electron chi connectivity index (χ4n) is 0.202. The zero-order chi connectivity index (χ0) is 7.44. The highest BCUT2D eigenvalue weighted by molar-refractivity contribution is 5.91. The van der Waals surface area contributed by atoms with Gasteiger partial charge in [-0.2, -0.15) is 13.8 Å². The highest BCUT2D eigenvalue weighted by atomic mass is 19.1. The molecular weight excluding hydrogens is 124 g/mol. The lowest BCUT2D eigenvalue weighted by atomic mass is 10.4. The molecule has 1 nitrogen and oxygen atoms in total. The van der Waals surface area contributed by atoms with E-state index in [4.69, 9.17) is 0 Å². The minimum atomic E-state index is -1.05. The first kappa shape index (κ1) is 8.01. The van der Waals surface area contributed by atoms with Gasteiger partial charge in [0.05, 0.1) is 0 Å². The van der Waals surface area contributed by atoms with Crippen LogP contribution in [0.25, 0.3) is 0 Å². The summed E-state index contributed by atoms with van der Waals surface area (Å²) in [5, 5.41) is 0. The lowest BCUT2D eigenvalue weighted by molar-refractivity contribution is 0.625. The van der Waals surface area contributed by atoms with Crippen LogP contribution >= 0.6 is 0 Å². The number of hydrogen-bond acceptors (Lipinski definition) is 1. The standard InChI is InChI=1S/C6H7F2N/c1-4(2)6(8)9-5(3)7/h1,3H2,2H3/b9-6+. The Morgan fingerprint density at radius 1 is 1.33 bits per heavy atom. The van der Waals surface area contributed by atoms with Gasteiger partial charge in [-0.3, -0.25) is 0 Å². The molecule has 0 fully saturated rings. The van der Waals surface area contributed by atoms with Crippen LogP contribution in [0.2, 0.25) is 0 Å². The van der Waals surface area contributed by atoms with Gasteiger partial charge in [-0.05, 0) is 19.1 Å². The lowest BCUT2D eigenvalue weighted by Crippen LogP contribution is -1.87. The molecule has 50 valence electrons. The van der Waals surface area contributed by atoms with E-state index in [2.05, 4.69) is 18.2 Å². The van der Waals surface area contributed by atoms with Crippen molar-refractivity contribution in [2.45, 2.75) is 6.92 Å². The Kier molecular flexibility index (Phi) is 2.78. The second kappa shape index (κ2) is 3.12. The summed E-state index contributed by atoms with van der Waals surface area (Å²) in [6, 6.07) is 0. The highest BCUT2D eigenvalue weighted by Crippen LogP contribution is 2.00. The van der Waals surface area contributed by atoms with Gasteiger partial charge >= 0.3 is 0 Å². The van der Waals surface area contributed by atoms with Crippen molar-refractivity contribution in [3.63, 3.8) is 0 Å². The van der Waals surface area contributed by atoms with Crippen LogP contribution in [0.3, 0.4) is 0 Å². The molecule has 0 spiro atoms. The van der Waals surface area contributed by atoms with Crippen molar-refractivity contribution in [2.75, 3.05) is 0 Å². The molecular formula is C6H7F2N. The molecule has 0 saturated carbocycles. The summed E-state index contributed by atoms with van der Waals surface area (Å²) in [6.45, 7) is 7.33. The highest BCUT2D eigenvalue weighted by Gasteiger charge is 1.95. The first-order valence-electron chi connectivity index (χ1n) is 2.28. The lowest BCUT2D eigenvalue weighted by Gasteiger charge is -1.88. The molecule has 0 atom stereocenters. The number of nitrogens with zero attached hydrogens (tertiary/aromatic N) is 1. The first-order valence-corrected chi connectivity index (χ1v) is 2.28. The van der Waals surface area contributed by atoms with Gasteiger partial charge in [0, 0.05) is 0 Å². The zero-order valence-corrected chi connectivity index (χ0v) is 5.12. The zero-order valence-electron chi connectivity index (χ0n) is 5.12. The van der Waals surface area contributed by atoms with Crippen molar-refractivity contribution < 1.29 is 8.78 Å². The third-order valence-corrected chi connectivity index (χ3v) is 0.572. The van der Waals surface area contributed by atoms with Crippen LogP contribution in [0, 0.1) is 0 Å². The molecule has 0 bridgehead atoms. The summed E-state index contributed by atoms with van der Waals surface area (Å²) in [4.78, 5) is 2.77. The average Bonchev–Trinajstić information content (AvgIpc) is 1.63. The molecule has 0 amide bonds. The summed E-state index contributed by atoms with van der Waals surface area (Å²) in [6.07, 6.45) is 0. The first-order chi connectivity index (χ1) is 4.04. The quantitative estimate of drug-likeness (QED) is 0.403. The Morgan fingerprint density at radius 3 is 1.89 bits per heavy atom. The Labute approximate surface area is 52.4 Å². The van der Waals surface area contributed by atoms with Gasteiger partial charge in [-0.25, -0.2) is 0 Å². The fraction of sp³-hybridized carbons (Fsp3) is 0.167. The molecule has 0 aromatic carbocycles. The van der Waals surface area contributed by atoms with Crippen molar-refractivity contribution in [3.8, 4) is 0 Å². The number of aliphatic imine (C=N–C) groups is 1. The Hall–Kier alpha value is -0.990. The maximum absolute atomic E-state index is 12.1. The predicted molar refractivity (Wildman–Crippen MR) is 33.6 cm³/mol. The maximum atomic E-state index is 12.1. The van der Waals surface area contributed by atoms with Gasteiger partial charge in [-0.1, -0.05) is 6.58 Å². The minimum absolute atomic E-state index is 0.0915. The van der Waals surface area contributed by atoms with E-state index < -0.39 is 11.9 Å². The summed E-state index contributed by atoms with van der Waals surface area (Å²) in [5.74, 6) is -1.96. The smallest absolute Gasteiger partial charge is 0.191 e. The summed E-state index contributed by atoms with van der Waals surface area (Å²) in [7, 11) is 0. The van der Waals surface area contributed by atoms with Gasteiger partial charge in [0.2, 0.25) is 11.9 Å². The fourth-order valence-corrected chi connectivity index (χ4v) is 0.202. The molecule has 0 heterocycles. The van der Waals surface area contributed by atoms with Crippen LogP contribution in [0.5, 0.6) is 0 Å². The van der Waals surface area contributed by atoms with E-state index in [-0.39, 0.29) is 5.57 Å². The summed E-state index contributed by atoms with van der Waals surface area (Å²) < 4.78 is 23.8. The number of rotatable bonds is 2.